The number of nitrogens with two attached hydrogens (primary N) is 1. The molecule has 104 valence electrons. The second-order valence-electron chi connectivity index (χ2n) is 4.73. The van der Waals surface area contributed by atoms with Crippen LogP contribution in [0.5, 0.6) is 0 Å². The number of aromatic nitrogens is 1. The highest BCUT2D eigenvalue weighted by molar-refractivity contribution is 5.75. The van der Waals surface area contributed by atoms with E-state index in [1.807, 2.05) is 36.4 Å². The molecule has 1 heterocycles. The predicted molar refractivity (Wildman–Crippen MR) is 79.9 cm³/mol. The van der Waals surface area contributed by atoms with Gasteiger partial charge in [-0.25, -0.2) is 0 Å². The molecule has 0 bridgehead atoms. The van der Waals surface area contributed by atoms with Crippen molar-refractivity contribution in [3.63, 3.8) is 0 Å². The molecule has 1 amide bonds. The van der Waals surface area contributed by atoms with Gasteiger partial charge in [-0.3, -0.25) is 9.78 Å². The highest BCUT2D eigenvalue weighted by atomic mass is 16.1. The number of carbonyl (C=O) groups is 1. The molecule has 1 aromatic carbocycles. The highest BCUT2D eigenvalue weighted by Crippen LogP contribution is 2.08. The monoisotopic (exact) mass is 269 g/mol. The minimum absolute atomic E-state index is 0.0734. The number of carbonyl (C=O) groups excluding carboxylic acids is 1. The van der Waals surface area contributed by atoms with Crippen LogP contribution in [0.1, 0.15) is 24.0 Å². The lowest BCUT2D eigenvalue weighted by atomic mass is 10.1. The van der Waals surface area contributed by atoms with Gasteiger partial charge in [-0.15, -0.1) is 0 Å². The first-order valence-electron chi connectivity index (χ1n) is 6.74. The molecule has 4 heteroatoms. The summed E-state index contributed by atoms with van der Waals surface area (Å²) >= 11 is 0. The third-order valence-corrected chi connectivity index (χ3v) is 3.06. The average Bonchev–Trinajstić information content (AvgIpc) is 2.48. The van der Waals surface area contributed by atoms with E-state index in [0.717, 1.165) is 24.1 Å². The number of hydrogen-bond donors (Lipinski definition) is 2. The van der Waals surface area contributed by atoms with Crippen molar-refractivity contribution in [3.05, 3.63) is 59.9 Å². The van der Waals surface area contributed by atoms with Crippen LogP contribution in [0, 0.1) is 0 Å². The van der Waals surface area contributed by atoms with E-state index in [4.69, 9.17) is 5.73 Å². The number of benzene rings is 1. The summed E-state index contributed by atoms with van der Waals surface area (Å²) < 4.78 is 0. The third-order valence-electron chi connectivity index (χ3n) is 3.06. The fourth-order valence-corrected chi connectivity index (χ4v) is 1.93. The summed E-state index contributed by atoms with van der Waals surface area (Å²) in [6.07, 6.45) is 5.74. The molecule has 2 rings (SSSR count). The van der Waals surface area contributed by atoms with Crippen molar-refractivity contribution in [3.8, 4) is 0 Å². The van der Waals surface area contributed by atoms with Crippen LogP contribution < -0.4 is 11.1 Å². The van der Waals surface area contributed by atoms with Crippen LogP contribution in [0.2, 0.25) is 0 Å². The first-order chi connectivity index (χ1) is 9.74. The number of anilines is 1. The average molecular weight is 269 g/mol. The number of nitrogens with zero attached hydrogens (tertiary/aromatic N) is 1. The van der Waals surface area contributed by atoms with Gasteiger partial charge in [0, 0.05) is 31.0 Å². The molecule has 1 aromatic heterocycles. The molecule has 0 radical (unpaired) electrons. The van der Waals surface area contributed by atoms with Gasteiger partial charge in [0.1, 0.15) is 0 Å². The van der Waals surface area contributed by atoms with E-state index < -0.39 is 0 Å². The van der Waals surface area contributed by atoms with Gasteiger partial charge in [-0.2, -0.15) is 0 Å². The molecular weight excluding hydrogens is 250 g/mol. The molecule has 4 nitrogen and oxygen atoms in total. The molecule has 0 aliphatic heterocycles. The van der Waals surface area contributed by atoms with Crippen molar-refractivity contribution in [1.82, 2.24) is 10.3 Å². The minimum atomic E-state index is 0.0734. The minimum Gasteiger partial charge on any atom is -0.399 e. The summed E-state index contributed by atoms with van der Waals surface area (Å²) in [7, 11) is 0. The number of hydrogen-bond acceptors (Lipinski definition) is 3. The number of nitrogen functional groups attached to an aromatic ring is 1. The SMILES string of the molecule is Nc1ccc(CCCC(=O)NCc2cccnc2)cc1. The first-order valence-corrected chi connectivity index (χ1v) is 6.74. The van der Waals surface area contributed by atoms with Gasteiger partial charge < -0.3 is 11.1 Å². The van der Waals surface area contributed by atoms with Crippen LogP contribution in [-0.2, 0) is 17.8 Å². The molecule has 0 saturated carbocycles. The number of nitrogens with one attached hydrogen (secondary N) is 1. The molecule has 0 fully saturated rings. The second-order valence-corrected chi connectivity index (χ2v) is 4.73. The Balaban J connectivity index is 1.66. The maximum atomic E-state index is 11.7. The normalized spacial score (nSPS) is 10.2. The zero-order valence-electron chi connectivity index (χ0n) is 11.4. The Labute approximate surface area is 119 Å². The van der Waals surface area contributed by atoms with E-state index in [9.17, 15) is 4.79 Å². The standard InChI is InChI=1S/C16H19N3O/c17-15-8-6-13(7-9-15)3-1-5-16(20)19-12-14-4-2-10-18-11-14/h2,4,6-11H,1,3,5,12,17H2,(H,19,20). The largest absolute Gasteiger partial charge is 0.399 e. The Morgan fingerprint density at radius 1 is 1.15 bits per heavy atom. The zero-order chi connectivity index (χ0) is 14.2. The number of pyridine rings is 1. The Hall–Kier alpha value is -2.36. The fraction of sp³-hybridized carbons (Fsp3) is 0.250. The summed E-state index contributed by atoms with van der Waals surface area (Å²) in [5, 5.41) is 2.90. The summed E-state index contributed by atoms with van der Waals surface area (Å²) in [5.74, 6) is 0.0734. The summed E-state index contributed by atoms with van der Waals surface area (Å²) in [4.78, 5) is 15.7. The topological polar surface area (TPSA) is 68.0 Å². The third kappa shape index (κ3) is 4.72. The maximum absolute atomic E-state index is 11.7. The van der Waals surface area contributed by atoms with Gasteiger partial charge in [0.2, 0.25) is 5.91 Å². The number of amides is 1. The van der Waals surface area contributed by atoms with Crippen LogP contribution in [0.4, 0.5) is 5.69 Å². The van der Waals surface area contributed by atoms with E-state index >= 15 is 0 Å². The maximum Gasteiger partial charge on any atom is 0.220 e. The Morgan fingerprint density at radius 3 is 2.65 bits per heavy atom. The zero-order valence-corrected chi connectivity index (χ0v) is 11.4. The highest BCUT2D eigenvalue weighted by Gasteiger charge is 2.02. The van der Waals surface area contributed by atoms with E-state index in [0.29, 0.717) is 13.0 Å². The van der Waals surface area contributed by atoms with Gasteiger partial charge in [0.15, 0.2) is 0 Å². The molecule has 0 aliphatic carbocycles. The molecular formula is C16H19N3O. The first kappa shape index (κ1) is 14.1. The van der Waals surface area contributed by atoms with Crippen molar-refractivity contribution in [2.45, 2.75) is 25.8 Å². The summed E-state index contributed by atoms with van der Waals surface area (Å²) in [6, 6.07) is 11.6. The van der Waals surface area contributed by atoms with Crippen molar-refractivity contribution >= 4 is 11.6 Å². The van der Waals surface area contributed by atoms with Gasteiger partial charge in [0.05, 0.1) is 0 Å². The van der Waals surface area contributed by atoms with Crippen molar-refractivity contribution in [1.29, 1.82) is 0 Å². The Kier molecular flexibility index (Phi) is 5.12. The van der Waals surface area contributed by atoms with Crippen LogP contribution in [0.25, 0.3) is 0 Å². The fourth-order valence-electron chi connectivity index (χ4n) is 1.93. The van der Waals surface area contributed by atoms with Gasteiger partial charge in [-0.1, -0.05) is 18.2 Å². The lowest BCUT2D eigenvalue weighted by Gasteiger charge is -2.05. The molecule has 3 N–H and O–H groups in total. The summed E-state index contributed by atoms with van der Waals surface area (Å²) in [5.41, 5.74) is 8.62. The quantitative estimate of drug-likeness (QED) is 0.791. The molecule has 0 unspecified atom stereocenters. The second kappa shape index (κ2) is 7.28. The molecule has 0 saturated heterocycles. The van der Waals surface area contributed by atoms with Crippen molar-refractivity contribution in [2.24, 2.45) is 0 Å². The van der Waals surface area contributed by atoms with Crippen molar-refractivity contribution < 1.29 is 4.79 Å². The van der Waals surface area contributed by atoms with E-state index in [1.54, 1.807) is 12.4 Å². The lowest BCUT2D eigenvalue weighted by Crippen LogP contribution is -2.22. The van der Waals surface area contributed by atoms with Gasteiger partial charge in [-0.05, 0) is 42.2 Å². The number of aryl methyl sites for hydroxylation is 1. The van der Waals surface area contributed by atoms with E-state index in [2.05, 4.69) is 10.3 Å². The van der Waals surface area contributed by atoms with Crippen LogP contribution >= 0.6 is 0 Å². The molecule has 20 heavy (non-hydrogen) atoms. The smallest absolute Gasteiger partial charge is 0.220 e. The van der Waals surface area contributed by atoms with Crippen LogP contribution in [-0.4, -0.2) is 10.9 Å². The predicted octanol–water partition coefficient (Wildman–Crippen LogP) is 2.30. The molecule has 2 aromatic rings. The molecule has 0 spiro atoms. The van der Waals surface area contributed by atoms with Gasteiger partial charge in [0.25, 0.3) is 0 Å². The molecule has 0 aliphatic rings. The van der Waals surface area contributed by atoms with Gasteiger partial charge >= 0.3 is 0 Å². The Bertz CT molecular complexity index is 537. The van der Waals surface area contributed by atoms with Crippen LogP contribution in [0.3, 0.4) is 0 Å². The van der Waals surface area contributed by atoms with E-state index in [-0.39, 0.29) is 5.91 Å². The van der Waals surface area contributed by atoms with E-state index in [1.165, 1.54) is 5.56 Å². The summed E-state index contributed by atoms with van der Waals surface area (Å²) in [6.45, 7) is 0.536. The van der Waals surface area contributed by atoms with Crippen molar-refractivity contribution in [2.75, 3.05) is 5.73 Å². The Morgan fingerprint density at radius 2 is 1.95 bits per heavy atom. The van der Waals surface area contributed by atoms with Crippen LogP contribution in [0.15, 0.2) is 48.8 Å². The lowest BCUT2D eigenvalue weighted by molar-refractivity contribution is -0.121. The number of rotatable bonds is 6. The molecule has 0 atom stereocenters.